The Balaban J connectivity index is 2.18. The van der Waals surface area contributed by atoms with Gasteiger partial charge >= 0.3 is 12.0 Å². The fraction of sp³-hybridized carbons (Fsp3) is 0.583. The first kappa shape index (κ1) is 16.4. The molecule has 3 N–H and O–H groups in total. The standard InChI is InChI=1S/C12H20N4O3S/c1-20-9-4-10(11(17)18)15-12(19)13-5-2-7-16-8-3-6-14-16/h3,6,8,10H,2,4-5,7,9H2,1H3,(H,17,18)(H2,13,15,19). The molecule has 0 spiro atoms. The summed E-state index contributed by atoms with van der Waals surface area (Å²) in [5.74, 6) is -0.318. The minimum atomic E-state index is -1.01. The molecule has 7 nitrogen and oxygen atoms in total. The maximum absolute atomic E-state index is 11.6. The highest BCUT2D eigenvalue weighted by Gasteiger charge is 2.18. The van der Waals surface area contributed by atoms with Gasteiger partial charge in [-0.2, -0.15) is 16.9 Å². The number of hydrogen-bond acceptors (Lipinski definition) is 4. The molecular formula is C12H20N4O3S. The number of thioether (sulfide) groups is 1. The van der Waals surface area contributed by atoms with E-state index in [2.05, 4.69) is 15.7 Å². The van der Waals surface area contributed by atoms with Crippen molar-refractivity contribution in [1.29, 1.82) is 0 Å². The highest BCUT2D eigenvalue weighted by Crippen LogP contribution is 2.00. The fourth-order valence-electron chi connectivity index (χ4n) is 1.58. The third kappa shape index (κ3) is 6.46. The molecule has 112 valence electrons. The van der Waals surface area contributed by atoms with Crippen molar-refractivity contribution in [1.82, 2.24) is 20.4 Å². The van der Waals surface area contributed by atoms with Crippen molar-refractivity contribution in [3.63, 3.8) is 0 Å². The Morgan fingerprint density at radius 2 is 2.30 bits per heavy atom. The van der Waals surface area contributed by atoms with E-state index in [0.717, 1.165) is 6.42 Å². The van der Waals surface area contributed by atoms with E-state index >= 15 is 0 Å². The first-order valence-electron chi connectivity index (χ1n) is 6.37. The first-order chi connectivity index (χ1) is 9.63. The normalized spacial score (nSPS) is 11.8. The number of nitrogens with zero attached hydrogens (tertiary/aromatic N) is 2. The van der Waals surface area contributed by atoms with Gasteiger partial charge in [0.15, 0.2) is 0 Å². The van der Waals surface area contributed by atoms with E-state index in [1.807, 2.05) is 18.5 Å². The monoisotopic (exact) mass is 300 g/mol. The van der Waals surface area contributed by atoms with Gasteiger partial charge in [0.2, 0.25) is 0 Å². The van der Waals surface area contributed by atoms with Crippen LogP contribution in [-0.4, -0.2) is 51.5 Å². The van der Waals surface area contributed by atoms with Crippen LogP contribution in [-0.2, 0) is 11.3 Å². The van der Waals surface area contributed by atoms with Crippen molar-refractivity contribution < 1.29 is 14.7 Å². The Hall–Kier alpha value is -1.70. The van der Waals surface area contributed by atoms with E-state index in [1.54, 1.807) is 22.6 Å². The van der Waals surface area contributed by atoms with Crippen LogP contribution in [0.25, 0.3) is 0 Å². The maximum atomic E-state index is 11.6. The second-order valence-electron chi connectivity index (χ2n) is 4.20. The summed E-state index contributed by atoms with van der Waals surface area (Å²) >= 11 is 1.55. The minimum Gasteiger partial charge on any atom is -0.480 e. The second kappa shape index (κ2) is 9.24. The fourth-order valence-corrected chi connectivity index (χ4v) is 2.05. The zero-order valence-electron chi connectivity index (χ0n) is 11.4. The zero-order valence-corrected chi connectivity index (χ0v) is 12.2. The third-order valence-electron chi connectivity index (χ3n) is 2.62. The molecular weight excluding hydrogens is 280 g/mol. The number of amides is 2. The highest BCUT2D eigenvalue weighted by molar-refractivity contribution is 7.98. The van der Waals surface area contributed by atoms with Gasteiger partial charge in [-0.15, -0.1) is 0 Å². The van der Waals surface area contributed by atoms with E-state index in [1.165, 1.54) is 0 Å². The smallest absolute Gasteiger partial charge is 0.326 e. The van der Waals surface area contributed by atoms with Gasteiger partial charge in [-0.05, 0) is 30.9 Å². The number of urea groups is 1. The van der Waals surface area contributed by atoms with E-state index < -0.39 is 18.0 Å². The van der Waals surface area contributed by atoms with Gasteiger partial charge in [0, 0.05) is 25.5 Å². The number of carboxylic acid groups (broad SMARTS) is 1. The Kier molecular flexibility index (Phi) is 7.56. The Labute approximate surface area is 122 Å². The summed E-state index contributed by atoms with van der Waals surface area (Å²) in [6, 6.07) is 0.552. The van der Waals surface area contributed by atoms with Gasteiger partial charge in [0.1, 0.15) is 6.04 Å². The molecule has 1 atom stereocenters. The lowest BCUT2D eigenvalue weighted by molar-refractivity contribution is -0.139. The van der Waals surface area contributed by atoms with E-state index in [0.29, 0.717) is 25.3 Å². The molecule has 1 aromatic heterocycles. The Bertz CT molecular complexity index is 411. The van der Waals surface area contributed by atoms with E-state index in [4.69, 9.17) is 5.11 Å². The van der Waals surface area contributed by atoms with Crippen LogP contribution < -0.4 is 10.6 Å². The van der Waals surface area contributed by atoms with Crippen LogP contribution in [0, 0.1) is 0 Å². The molecule has 0 radical (unpaired) electrons. The SMILES string of the molecule is CSCCC(NC(=O)NCCCn1cccn1)C(=O)O. The van der Waals surface area contributed by atoms with Gasteiger partial charge in [-0.1, -0.05) is 0 Å². The second-order valence-corrected chi connectivity index (χ2v) is 5.18. The Morgan fingerprint density at radius 1 is 1.50 bits per heavy atom. The van der Waals surface area contributed by atoms with Crippen LogP contribution in [0.4, 0.5) is 4.79 Å². The molecule has 1 rings (SSSR count). The molecule has 0 aliphatic rings. The number of nitrogens with one attached hydrogen (secondary N) is 2. The Morgan fingerprint density at radius 3 is 2.90 bits per heavy atom. The third-order valence-corrected chi connectivity index (χ3v) is 3.27. The minimum absolute atomic E-state index is 0.414. The largest absolute Gasteiger partial charge is 0.480 e. The number of carbonyl (C=O) groups is 2. The zero-order chi connectivity index (χ0) is 14.8. The van der Waals surface area contributed by atoms with Crippen molar-refractivity contribution in [2.24, 2.45) is 0 Å². The average Bonchev–Trinajstić information content (AvgIpc) is 2.92. The van der Waals surface area contributed by atoms with Gasteiger partial charge in [-0.25, -0.2) is 9.59 Å². The van der Waals surface area contributed by atoms with Crippen LogP contribution in [0.5, 0.6) is 0 Å². The molecule has 8 heteroatoms. The van der Waals surface area contributed by atoms with E-state index in [9.17, 15) is 9.59 Å². The molecule has 1 unspecified atom stereocenters. The summed E-state index contributed by atoms with van der Waals surface area (Å²) in [6.45, 7) is 1.18. The molecule has 20 heavy (non-hydrogen) atoms. The molecule has 0 aliphatic heterocycles. The summed E-state index contributed by atoms with van der Waals surface area (Å²) < 4.78 is 1.78. The molecule has 1 heterocycles. The summed E-state index contributed by atoms with van der Waals surface area (Å²) in [5.41, 5.74) is 0. The van der Waals surface area contributed by atoms with Crippen molar-refractivity contribution in [3.8, 4) is 0 Å². The molecule has 0 aromatic carbocycles. The van der Waals surface area contributed by atoms with E-state index in [-0.39, 0.29) is 0 Å². The number of carboxylic acids is 1. The number of hydrogen-bond donors (Lipinski definition) is 3. The van der Waals surface area contributed by atoms with Gasteiger partial charge < -0.3 is 15.7 Å². The lowest BCUT2D eigenvalue weighted by Gasteiger charge is -2.14. The lowest BCUT2D eigenvalue weighted by Crippen LogP contribution is -2.46. The van der Waals surface area contributed by atoms with Gasteiger partial charge in [0.25, 0.3) is 0 Å². The lowest BCUT2D eigenvalue weighted by atomic mass is 10.2. The van der Waals surface area contributed by atoms with Crippen LogP contribution in [0.3, 0.4) is 0 Å². The molecule has 2 amide bonds. The van der Waals surface area contributed by atoms with Gasteiger partial charge in [-0.3, -0.25) is 4.68 Å². The van der Waals surface area contributed by atoms with Crippen LogP contribution in [0.2, 0.25) is 0 Å². The number of rotatable bonds is 9. The predicted molar refractivity (Wildman–Crippen MR) is 77.8 cm³/mol. The first-order valence-corrected chi connectivity index (χ1v) is 7.76. The predicted octanol–water partition coefficient (Wildman–Crippen LogP) is 0.779. The molecule has 1 aromatic rings. The summed E-state index contributed by atoms with van der Waals surface area (Å²) in [5, 5.41) is 18.1. The van der Waals surface area contributed by atoms with Crippen LogP contribution in [0.15, 0.2) is 18.5 Å². The van der Waals surface area contributed by atoms with Crippen molar-refractivity contribution in [2.75, 3.05) is 18.6 Å². The molecule has 0 saturated heterocycles. The quantitative estimate of drug-likeness (QED) is 0.586. The number of carbonyl (C=O) groups excluding carboxylic acids is 1. The topological polar surface area (TPSA) is 96.3 Å². The molecule has 0 bridgehead atoms. The summed E-state index contributed by atoms with van der Waals surface area (Å²) in [4.78, 5) is 22.5. The van der Waals surface area contributed by atoms with Crippen LogP contribution >= 0.6 is 11.8 Å². The highest BCUT2D eigenvalue weighted by atomic mass is 32.2. The van der Waals surface area contributed by atoms with Crippen molar-refractivity contribution in [3.05, 3.63) is 18.5 Å². The average molecular weight is 300 g/mol. The molecule has 0 aliphatic carbocycles. The molecule has 0 saturated carbocycles. The number of aliphatic carboxylic acids is 1. The van der Waals surface area contributed by atoms with Crippen molar-refractivity contribution in [2.45, 2.75) is 25.4 Å². The summed E-state index contributed by atoms with van der Waals surface area (Å²) in [6.07, 6.45) is 6.59. The number of aromatic nitrogens is 2. The molecule has 0 fully saturated rings. The number of aryl methyl sites for hydroxylation is 1. The van der Waals surface area contributed by atoms with Crippen LogP contribution in [0.1, 0.15) is 12.8 Å². The maximum Gasteiger partial charge on any atom is 0.326 e. The summed E-state index contributed by atoms with van der Waals surface area (Å²) in [7, 11) is 0. The van der Waals surface area contributed by atoms with Crippen molar-refractivity contribution >= 4 is 23.8 Å². The van der Waals surface area contributed by atoms with Gasteiger partial charge in [0.05, 0.1) is 0 Å².